The van der Waals surface area contributed by atoms with Gasteiger partial charge in [-0.2, -0.15) is 0 Å². The van der Waals surface area contributed by atoms with Crippen molar-refractivity contribution >= 4 is 0 Å². The summed E-state index contributed by atoms with van der Waals surface area (Å²) in [7, 11) is 0. The molecule has 1 aliphatic carbocycles. The number of likely N-dealkylation sites (tertiary alicyclic amines) is 1. The molecule has 3 fully saturated rings. The quantitative estimate of drug-likeness (QED) is 0.768. The van der Waals surface area contributed by atoms with Crippen LogP contribution in [0, 0.1) is 5.92 Å². The summed E-state index contributed by atoms with van der Waals surface area (Å²) < 4.78 is 11.6. The van der Waals surface area contributed by atoms with E-state index in [2.05, 4.69) is 11.8 Å². The Kier molecular flexibility index (Phi) is 3.63. The SMILES string of the molecule is CC1CCCN(C2CC3(CCC2O)OCCO3)C1. The second kappa shape index (κ2) is 5.08. The van der Waals surface area contributed by atoms with E-state index < -0.39 is 0 Å². The standard InChI is InChI=1S/C14H25NO3/c1-11-3-2-6-15(10-11)12-9-14(5-4-13(12)16)17-7-8-18-14/h11-13,16H,2-10H2,1H3. The number of ether oxygens (including phenoxy) is 2. The molecule has 1 spiro atoms. The van der Waals surface area contributed by atoms with Gasteiger partial charge < -0.3 is 14.6 Å². The van der Waals surface area contributed by atoms with Crippen molar-refractivity contribution in [1.29, 1.82) is 0 Å². The molecule has 4 nitrogen and oxygen atoms in total. The van der Waals surface area contributed by atoms with Crippen LogP contribution in [0.2, 0.25) is 0 Å². The maximum absolute atomic E-state index is 10.3. The van der Waals surface area contributed by atoms with Crippen LogP contribution in [-0.4, -0.2) is 54.2 Å². The van der Waals surface area contributed by atoms with Gasteiger partial charge in [0.2, 0.25) is 0 Å². The summed E-state index contributed by atoms with van der Waals surface area (Å²) in [5.41, 5.74) is 0. The molecule has 0 aromatic carbocycles. The molecule has 3 aliphatic rings. The predicted octanol–water partition coefficient (Wildman–Crippen LogP) is 1.37. The lowest BCUT2D eigenvalue weighted by Crippen LogP contribution is -2.55. The number of hydrogen-bond acceptors (Lipinski definition) is 4. The molecule has 2 aliphatic heterocycles. The zero-order chi connectivity index (χ0) is 12.6. The van der Waals surface area contributed by atoms with E-state index in [1.54, 1.807) is 0 Å². The van der Waals surface area contributed by atoms with Crippen molar-refractivity contribution in [3.05, 3.63) is 0 Å². The highest BCUT2D eigenvalue weighted by Gasteiger charge is 2.46. The Bertz CT molecular complexity index is 291. The van der Waals surface area contributed by atoms with Crippen molar-refractivity contribution in [3.8, 4) is 0 Å². The van der Waals surface area contributed by atoms with Crippen molar-refractivity contribution in [2.45, 2.75) is 57.0 Å². The first kappa shape index (κ1) is 12.9. The average Bonchev–Trinajstić information content (AvgIpc) is 2.81. The summed E-state index contributed by atoms with van der Waals surface area (Å²) in [5, 5.41) is 10.3. The molecule has 0 aromatic rings. The van der Waals surface area contributed by atoms with Crippen molar-refractivity contribution in [2.24, 2.45) is 5.92 Å². The van der Waals surface area contributed by atoms with Gasteiger partial charge in [-0.3, -0.25) is 4.90 Å². The molecule has 18 heavy (non-hydrogen) atoms. The topological polar surface area (TPSA) is 41.9 Å². The predicted molar refractivity (Wildman–Crippen MR) is 68.3 cm³/mol. The summed E-state index contributed by atoms with van der Waals surface area (Å²) in [4.78, 5) is 2.46. The third kappa shape index (κ3) is 2.44. The number of aliphatic hydroxyl groups is 1. The van der Waals surface area contributed by atoms with Gasteiger partial charge in [-0.1, -0.05) is 6.92 Å². The first-order chi connectivity index (χ1) is 8.69. The molecule has 3 atom stereocenters. The highest BCUT2D eigenvalue weighted by molar-refractivity contribution is 4.94. The Morgan fingerprint density at radius 1 is 1.22 bits per heavy atom. The lowest BCUT2D eigenvalue weighted by Gasteiger charge is -2.46. The maximum Gasteiger partial charge on any atom is 0.170 e. The Balaban J connectivity index is 1.68. The number of nitrogens with zero attached hydrogens (tertiary/aromatic N) is 1. The minimum atomic E-state index is -0.384. The van der Waals surface area contributed by atoms with Gasteiger partial charge in [-0.25, -0.2) is 0 Å². The van der Waals surface area contributed by atoms with E-state index in [1.807, 2.05) is 0 Å². The van der Waals surface area contributed by atoms with Crippen LogP contribution < -0.4 is 0 Å². The Labute approximate surface area is 109 Å². The maximum atomic E-state index is 10.3. The summed E-state index contributed by atoms with van der Waals surface area (Å²) in [5.74, 6) is 0.360. The zero-order valence-electron chi connectivity index (χ0n) is 11.3. The van der Waals surface area contributed by atoms with Gasteiger partial charge in [0.1, 0.15) is 0 Å². The molecular formula is C14H25NO3. The van der Waals surface area contributed by atoms with Gasteiger partial charge in [0, 0.05) is 25.4 Å². The molecule has 1 saturated carbocycles. The van der Waals surface area contributed by atoms with E-state index in [-0.39, 0.29) is 17.9 Å². The monoisotopic (exact) mass is 255 g/mol. The highest BCUT2D eigenvalue weighted by Crippen LogP contribution is 2.38. The first-order valence-electron chi connectivity index (χ1n) is 7.39. The summed E-state index contributed by atoms with van der Waals surface area (Å²) in [6.45, 7) is 5.94. The number of piperidine rings is 1. The van der Waals surface area contributed by atoms with E-state index in [1.165, 1.54) is 12.8 Å². The fourth-order valence-corrected chi connectivity index (χ4v) is 3.78. The van der Waals surface area contributed by atoms with Crippen LogP contribution in [-0.2, 0) is 9.47 Å². The second-order valence-corrected chi connectivity index (χ2v) is 6.23. The molecule has 2 saturated heterocycles. The van der Waals surface area contributed by atoms with Crippen LogP contribution in [0.25, 0.3) is 0 Å². The van der Waals surface area contributed by atoms with E-state index in [9.17, 15) is 5.11 Å². The first-order valence-corrected chi connectivity index (χ1v) is 7.39. The summed E-state index contributed by atoms with van der Waals surface area (Å²) in [6, 6.07) is 0.222. The normalized spacial score (nSPS) is 41.3. The van der Waals surface area contributed by atoms with Gasteiger partial charge in [-0.05, 0) is 31.7 Å². The molecule has 0 radical (unpaired) electrons. The summed E-state index contributed by atoms with van der Waals surface area (Å²) in [6.07, 6.45) is 4.83. The fraction of sp³-hybridized carbons (Fsp3) is 1.00. The van der Waals surface area contributed by atoms with Crippen LogP contribution in [0.4, 0.5) is 0 Å². The van der Waals surface area contributed by atoms with Gasteiger partial charge in [-0.15, -0.1) is 0 Å². The smallest absolute Gasteiger partial charge is 0.170 e. The lowest BCUT2D eigenvalue weighted by molar-refractivity contribution is -0.206. The van der Waals surface area contributed by atoms with Crippen molar-refractivity contribution < 1.29 is 14.6 Å². The molecule has 3 unspecified atom stereocenters. The zero-order valence-corrected chi connectivity index (χ0v) is 11.3. The van der Waals surface area contributed by atoms with Crippen LogP contribution in [0.5, 0.6) is 0 Å². The highest BCUT2D eigenvalue weighted by atomic mass is 16.7. The second-order valence-electron chi connectivity index (χ2n) is 6.23. The number of hydrogen-bond donors (Lipinski definition) is 1. The van der Waals surface area contributed by atoms with E-state index in [0.717, 1.165) is 38.3 Å². The Hall–Kier alpha value is -0.160. The minimum absolute atomic E-state index is 0.214. The number of aliphatic hydroxyl groups excluding tert-OH is 1. The molecular weight excluding hydrogens is 230 g/mol. The van der Waals surface area contributed by atoms with E-state index >= 15 is 0 Å². The van der Waals surface area contributed by atoms with Crippen LogP contribution >= 0.6 is 0 Å². The third-order valence-corrected chi connectivity index (χ3v) is 4.76. The molecule has 0 amide bonds. The summed E-state index contributed by atoms with van der Waals surface area (Å²) >= 11 is 0. The van der Waals surface area contributed by atoms with Gasteiger partial charge >= 0.3 is 0 Å². The minimum Gasteiger partial charge on any atom is -0.391 e. The van der Waals surface area contributed by atoms with Crippen LogP contribution in [0.15, 0.2) is 0 Å². The lowest BCUT2D eigenvalue weighted by atomic mass is 9.85. The van der Waals surface area contributed by atoms with Crippen molar-refractivity contribution in [2.75, 3.05) is 26.3 Å². The molecule has 0 bridgehead atoms. The third-order valence-electron chi connectivity index (χ3n) is 4.76. The molecule has 0 aromatic heterocycles. The molecule has 2 heterocycles. The fourth-order valence-electron chi connectivity index (χ4n) is 3.78. The molecule has 4 heteroatoms. The van der Waals surface area contributed by atoms with Crippen LogP contribution in [0.1, 0.15) is 39.0 Å². The van der Waals surface area contributed by atoms with Gasteiger partial charge in [0.15, 0.2) is 5.79 Å². The Morgan fingerprint density at radius 2 is 2.00 bits per heavy atom. The van der Waals surface area contributed by atoms with Crippen LogP contribution in [0.3, 0.4) is 0 Å². The van der Waals surface area contributed by atoms with Crippen molar-refractivity contribution in [3.63, 3.8) is 0 Å². The molecule has 104 valence electrons. The molecule has 3 rings (SSSR count). The Morgan fingerprint density at radius 3 is 2.72 bits per heavy atom. The van der Waals surface area contributed by atoms with E-state index in [0.29, 0.717) is 13.2 Å². The molecule has 1 N–H and O–H groups in total. The number of rotatable bonds is 1. The van der Waals surface area contributed by atoms with E-state index in [4.69, 9.17) is 9.47 Å². The largest absolute Gasteiger partial charge is 0.391 e. The van der Waals surface area contributed by atoms with Gasteiger partial charge in [0.25, 0.3) is 0 Å². The average molecular weight is 255 g/mol. The van der Waals surface area contributed by atoms with Gasteiger partial charge in [0.05, 0.1) is 19.3 Å². The van der Waals surface area contributed by atoms with Crippen molar-refractivity contribution in [1.82, 2.24) is 4.90 Å².